The highest BCUT2D eigenvalue weighted by Gasteiger charge is 2.10. The molecule has 3 N–H and O–H groups in total. The van der Waals surface area contributed by atoms with Gasteiger partial charge in [-0.15, -0.1) is 0 Å². The Bertz CT molecular complexity index is 236. The normalized spacial score (nSPS) is 13.2. The van der Waals surface area contributed by atoms with E-state index in [-0.39, 0.29) is 6.04 Å². The molecule has 1 aromatic heterocycles. The molecule has 1 aromatic rings. The van der Waals surface area contributed by atoms with E-state index >= 15 is 0 Å². The summed E-state index contributed by atoms with van der Waals surface area (Å²) in [4.78, 5) is 9.92. The molecular weight excluding hydrogens is 166 g/mol. The fourth-order valence-electron chi connectivity index (χ4n) is 1.11. The monoisotopic (exact) mass is 181 g/mol. The molecule has 0 aliphatic carbocycles. The zero-order chi connectivity index (χ0) is 9.68. The molecule has 5 heteroatoms. The Balaban J connectivity index is 2.67. The molecule has 0 radical (unpaired) electrons. The van der Waals surface area contributed by atoms with Gasteiger partial charge in [-0.05, 0) is 14.1 Å². The second-order valence-electron chi connectivity index (χ2n) is 3.15. The second-order valence-corrected chi connectivity index (χ2v) is 3.15. The van der Waals surface area contributed by atoms with Gasteiger partial charge in [0.05, 0.1) is 6.04 Å². The number of nitrogens with two attached hydrogens (primary N) is 1. The van der Waals surface area contributed by atoms with Crippen molar-refractivity contribution in [3.05, 3.63) is 24.3 Å². The number of rotatable bonds is 4. The van der Waals surface area contributed by atoms with E-state index in [1.165, 1.54) is 6.33 Å². The van der Waals surface area contributed by atoms with E-state index in [1.54, 1.807) is 12.4 Å². The predicted octanol–water partition coefficient (Wildman–Crippen LogP) is -0.457. The molecular formula is C8H15N5. The van der Waals surface area contributed by atoms with Crippen molar-refractivity contribution in [2.75, 3.05) is 20.6 Å². The van der Waals surface area contributed by atoms with Crippen LogP contribution >= 0.6 is 0 Å². The molecule has 72 valence electrons. The Labute approximate surface area is 78.0 Å². The first-order valence-electron chi connectivity index (χ1n) is 4.10. The van der Waals surface area contributed by atoms with Gasteiger partial charge < -0.3 is 4.90 Å². The second kappa shape index (κ2) is 4.86. The van der Waals surface area contributed by atoms with Crippen molar-refractivity contribution in [2.45, 2.75) is 6.04 Å². The highest BCUT2D eigenvalue weighted by atomic mass is 15.3. The molecule has 1 atom stereocenters. The summed E-state index contributed by atoms with van der Waals surface area (Å²) in [5.74, 6) is 5.42. The maximum absolute atomic E-state index is 5.42. The molecule has 0 aliphatic heterocycles. The number of aromatic nitrogens is 2. The smallest absolute Gasteiger partial charge is 0.115 e. The van der Waals surface area contributed by atoms with Crippen LogP contribution in [-0.4, -0.2) is 35.5 Å². The highest BCUT2D eigenvalue weighted by molar-refractivity contribution is 5.09. The minimum atomic E-state index is 0.0798. The largest absolute Gasteiger partial charge is 0.307 e. The molecule has 5 nitrogen and oxygen atoms in total. The zero-order valence-electron chi connectivity index (χ0n) is 7.94. The van der Waals surface area contributed by atoms with E-state index in [0.29, 0.717) is 0 Å². The summed E-state index contributed by atoms with van der Waals surface area (Å²) in [7, 11) is 3.99. The van der Waals surface area contributed by atoms with E-state index in [9.17, 15) is 0 Å². The first-order valence-corrected chi connectivity index (χ1v) is 4.10. The van der Waals surface area contributed by atoms with E-state index in [1.807, 2.05) is 14.1 Å². The third kappa shape index (κ3) is 3.06. The number of hydrogen-bond donors (Lipinski definition) is 2. The number of nitrogens with zero attached hydrogens (tertiary/aromatic N) is 3. The molecule has 0 spiro atoms. The lowest BCUT2D eigenvalue weighted by Gasteiger charge is -2.19. The molecule has 0 aromatic carbocycles. The first kappa shape index (κ1) is 10.0. The van der Waals surface area contributed by atoms with Gasteiger partial charge in [0.25, 0.3) is 0 Å². The van der Waals surface area contributed by atoms with E-state index in [2.05, 4.69) is 20.3 Å². The molecule has 0 saturated heterocycles. The molecule has 0 amide bonds. The fourth-order valence-corrected chi connectivity index (χ4v) is 1.11. The Hall–Kier alpha value is -1.04. The van der Waals surface area contributed by atoms with Crippen LogP contribution in [0, 0.1) is 0 Å². The lowest BCUT2D eigenvalue weighted by Crippen LogP contribution is -2.35. The number of likely N-dealkylation sites (N-methyl/N-ethyl adjacent to an activating group) is 1. The minimum absolute atomic E-state index is 0.0798. The maximum Gasteiger partial charge on any atom is 0.115 e. The lowest BCUT2D eigenvalue weighted by atomic mass is 10.1. The fraction of sp³-hybridized carbons (Fsp3) is 0.500. The Morgan fingerprint density at radius 1 is 1.46 bits per heavy atom. The summed E-state index contributed by atoms with van der Waals surface area (Å²) >= 11 is 0. The minimum Gasteiger partial charge on any atom is -0.307 e. The van der Waals surface area contributed by atoms with E-state index in [4.69, 9.17) is 5.84 Å². The molecule has 1 unspecified atom stereocenters. The van der Waals surface area contributed by atoms with Crippen molar-refractivity contribution < 1.29 is 0 Å². The Kier molecular flexibility index (Phi) is 3.75. The van der Waals surface area contributed by atoms with Gasteiger partial charge in [-0.2, -0.15) is 0 Å². The first-order chi connectivity index (χ1) is 6.24. The molecule has 0 bridgehead atoms. The summed E-state index contributed by atoms with van der Waals surface area (Å²) < 4.78 is 0. The van der Waals surface area contributed by atoms with Crippen LogP contribution in [-0.2, 0) is 0 Å². The summed E-state index contributed by atoms with van der Waals surface area (Å²) in [5, 5.41) is 0. The summed E-state index contributed by atoms with van der Waals surface area (Å²) in [6.07, 6.45) is 5.04. The van der Waals surface area contributed by atoms with Crippen LogP contribution in [0.4, 0.5) is 0 Å². The number of nitrogens with one attached hydrogen (secondary N) is 1. The summed E-state index contributed by atoms with van der Waals surface area (Å²) in [5.41, 5.74) is 3.73. The van der Waals surface area contributed by atoms with Crippen LogP contribution in [0.15, 0.2) is 18.7 Å². The quantitative estimate of drug-likeness (QED) is 0.486. The maximum atomic E-state index is 5.42. The summed E-state index contributed by atoms with van der Waals surface area (Å²) in [6.45, 7) is 0.823. The van der Waals surface area contributed by atoms with Crippen molar-refractivity contribution in [2.24, 2.45) is 5.84 Å². The van der Waals surface area contributed by atoms with E-state index in [0.717, 1.165) is 12.1 Å². The molecule has 0 saturated carbocycles. The van der Waals surface area contributed by atoms with Gasteiger partial charge in [0.15, 0.2) is 0 Å². The molecule has 1 rings (SSSR count). The van der Waals surface area contributed by atoms with Crippen LogP contribution in [0.5, 0.6) is 0 Å². The van der Waals surface area contributed by atoms with Crippen LogP contribution < -0.4 is 11.3 Å². The van der Waals surface area contributed by atoms with Gasteiger partial charge in [-0.25, -0.2) is 9.97 Å². The van der Waals surface area contributed by atoms with Crippen molar-refractivity contribution in [3.8, 4) is 0 Å². The predicted molar refractivity (Wildman–Crippen MR) is 50.7 cm³/mol. The van der Waals surface area contributed by atoms with Gasteiger partial charge in [-0.1, -0.05) is 0 Å². The Morgan fingerprint density at radius 2 is 2.08 bits per heavy atom. The summed E-state index contributed by atoms with van der Waals surface area (Å²) in [6, 6.07) is 0.0798. The van der Waals surface area contributed by atoms with Crippen LogP contribution in [0.1, 0.15) is 11.6 Å². The Morgan fingerprint density at radius 3 is 2.54 bits per heavy atom. The standard InChI is InChI=1S/C8H15N5/c1-13(2)5-8(12-9)7-3-10-6-11-4-7/h3-4,6,8,12H,5,9H2,1-2H3. The van der Waals surface area contributed by atoms with Crippen LogP contribution in [0.2, 0.25) is 0 Å². The highest BCUT2D eigenvalue weighted by Crippen LogP contribution is 2.08. The third-order valence-corrected chi connectivity index (χ3v) is 1.73. The molecule has 0 fully saturated rings. The molecule has 0 aliphatic rings. The average Bonchev–Trinajstić information content (AvgIpc) is 2.15. The van der Waals surface area contributed by atoms with Crippen molar-refractivity contribution in [1.29, 1.82) is 0 Å². The van der Waals surface area contributed by atoms with Gasteiger partial charge in [0.2, 0.25) is 0 Å². The van der Waals surface area contributed by atoms with Crippen molar-refractivity contribution in [1.82, 2.24) is 20.3 Å². The van der Waals surface area contributed by atoms with Gasteiger partial charge >= 0.3 is 0 Å². The molecule has 1 heterocycles. The zero-order valence-corrected chi connectivity index (χ0v) is 7.94. The van der Waals surface area contributed by atoms with Crippen molar-refractivity contribution in [3.63, 3.8) is 0 Å². The number of hydrazine groups is 1. The van der Waals surface area contributed by atoms with E-state index < -0.39 is 0 Å². The number of hydrogen-bond acceptors (Lipinski definition) is 5. The topological polar surface area (TPSA) is 67.1 Å². The van der Waals surface area contributed by atoms with Crippen LogP contribution in [0.3, 0.4) is 0 Å². The van der Waals surface area contributed by atoms with Gasteiger partial charge in [0.1, 0.15) is 6.33 Å². The third-order valence-electron chi connectivity index (χ3n) is 1.73. The molecule has 13 heavy (non-hydrogen) atoms. The lowest BCUT2D eigenvalue weighted by molar-refractivity contribution is 0.343. The van der Waals surface area contributed by atoms with Gasteiger partial charge in [-0.3, -0.25) is 11.3 Å². The average molecular weight is 181 g/mol. The SMILES string of the molecule is CN(C)CC(NN)c1cncnc1. The van der Waals surface area contributed by atoms with Gasteiger partial charge in [0, 0.05) is 24.5 Å². The van der Waals surface area contributed by atoms with Crippen LogP contribution in [0.25, 0.3) is 0 Å². The van der Waals surface area contributed by atoms with Crippen molar-refractivity contribution >= 4 is 0 Å².